The van der Waals surface area contributed by atoms with Crippen LogP contribution in [-0.2, 0) is 39.1 Å². The summed E-state index contributed by atoms with van der Waals surface area (Å²) in [5.74, 6) is 0.889. The van der Waals surface area contributed by atoms with Gasteiger partial charge in [-0.25, -0.2) is 13.1 Å². The average molecular weight is 568 g/mol. The second kappa shape index (κ2) is 14.5. The van der Waals surface area contributed by atoms with Crippen LogP contribution in [0.4, 0.5) is 0 Å². The molecule has 0 fully saturated rings. The van der Waals surface area contributed by atoms with E-state index >= 15 is 0 Å². The Kier molecular flexibility index (Phi) is 11.1. The Morgan fingerprint density at radius 2 is 1.55 bits per heavy atom. The first-order chi connectivity index (χ1) is 19.2. The number of para-hydroxylation sites is 1. The van der Waals surface area contributed by atoms with Crippen molar-refractivity contribution < 1.29 is 27.5 Å². The van der Waals surface area contributed by atoms with Crippen molar-refractivity contribution in [2.45, 2.75) is 50.7 Å². The van der Waals surface area contributed by atoms with Gasteiger partial charge in [0.2, 0.25) is 21.8 Å². The summed E-state index contributed by atoms with van der Waals surface area (Å²) in [4.78, 5) is 28.4. The van der Waals surface area contributed by atoms with E-state index in [-0.39, 0.29) is 36.2 Å². The molecule has 0 aliphatic rings. The zero-order valence-corrected chi connectivity index (χ0v) is 24.2. The van der Waals surface area contributed by atoms with Gasteiger partial charge in [-0.15, -0.1) is 0 Å². The molecule has 0 aliphatic carbocycles. The van der Waals surface area contributed by atoms with Crippen LogP contribution in [0.5, 0.6) is 11.5 Å². The summed E-state index contributed by atoms with van der Waals surface area (Å²) in [5.41, 5.74) is 2.51. The van der Waals surface area contributed by atoms with Gasteiger partial charge in [-0.05, 0) is 54.8 Å². The normalized spacial score (nSPS) is 11.9. The fraction of sp³-hybridized carbons (Fsp3) is 0.333. The Hall–Kier alpha value is -3.89. The lowest BCUT2D eigenvalue weighted by atomic mass is 10.1. The van der Waals surface area contributed by atoms with Crippen LogP contribution < -0.4 is 19.5 Å². The molecule has 0 radical (unpaired) electrons. The van der Waals surface area contributed by atoms with E-state index in [1.807, 2.05) is 48.5 Å². The molecule has 0 spiro atoms. The van der Waals surface area contributed by atoms with Gasteiger partial charge in [-0.1, -0.05) is 49.4 Å². The van der Waals surface area contributed by atoms with E-state index in [1.54, 1.807) is 45.1 Å². The smallest absolute Gasteiger partial charge is 0.242 e. The molecule has 0 heterocycles. The minimum Gasteiger partial charge on any atom is -0.497 e. The van der Waals surface area contributed by atoms with E-state index < -0.39 is 16.1 Å². The number of benzene rings is 3. The molecule has 0 aliphatic heterocycles. The van der Waals surface area contributed by atoms with Crippen molar-refractivity contribution in [2.24, 2.45) is 0 Å². The number of carbonyl (C=O) groups is 2. The Labute approximate surface area is 236 Å². The molecule has 0 saturated carbocycles. The zero-order valence-electron chi connectivity index (χ0n) is 23.3. The van der Waals surface area contributed by atoms with Gasteiger partial charge >= 0.3 is 0 Å². The quantitative estimate of drug-likeness (QED) is 0.307. The number of nitrogens with one attached hydrogen (secondary N) is 2. The Balaban J connectivity index is 1.72. The van der Waals surface area contributed by atoms with Crippen LogP contribution in [-0.4, -0.2) is 51.9 Å². The largest absolute Gasteiger partial charge is 0.497 e. The minimum absolute atomic E-state index is 0.152. The number of methoxy groups -OCH3 is 2. The monoisotopic (exact) mass is 567 g/mol. The van der Waals surface area contributed by atoms with Gasteiger partial charge in [0.25, 0.3) is 0 Å². The van der Waals surface area contributed by atoms with Crippen LogP contribution in [0, 0.1) is 0 Å². The highest BCUT2D eigenvalue weighted by atomic mass is 32.2. The molecule has 3 rings (SSSR count). The second-order valence-electron chi connectivity index (χ2n) is 9.22. The van der Waals surface area contributed by atoms with Gasteiger partial charge in [0.1, 0.15) is 17.5 Å². The standard InChI is InChI=1S/C30H37N3O6S/c1-5-32-40(36,37)27-17-12-23(13-18-27)14-19-29(34)33(21-24-10-15-26(38-3)16-11-24)22(2)30(35)31-20-25-8-6-7-9-28(25)39-4/h6-13,15-18,22,32H,5,14,19-21H2,1-4H3,(H,31,35). The lowest BCUT2D eigenvalue weighted by molar-refractivity contribution is -0.140. The molecule has 214 valence electrons. The van der Waals surface area contributed by atoms with Crippen LogP contribution in [0.25, 0.3) is 0 Å². The highest BCUT2D eigenvalue weighted by Gasteiger charge is 2.26. The van der Waals surface area contributed by atoms with E-state index in [0.29, 0.717) is 24.5 Å². The van der Waals surface area contributed by atoms with Gasteiger partial charge in [0.15, 0.2) is 0 Å². The molecular formula is C30H37N3O6S. The summed E-state index contributed by atoms with van der Waals surface area (Å²) >= 11 is 0. The van der Waals surface area contributed by atoms with Crippen LogP contribution in [0.2, 0.25) is 0 Å². The summed E-state index contributed by atoms with van der Waals surface area (Å²) in [6, 6.07) is 20.5. The van der Waals surface area contributed by atoms with Crippen molar-refractivity contribution >= 4 is 21.8 Å². The van der Waals surface area contributed by atoms with Crippen LogP contribution in [0.3, 0.4) is 0 Å². The molecule has 9 nitrogen and oxygen atoms in total. The summed E-state index contributed by atoms with van der Waals surface area (Å²) in [7, 11) is -0.388. The Morgan fingerprint density at radius 1 is 0.900 bits per heavy atom. The lowest BCUT2D eigenvalue weighted by Gasteiger charge is -2.29. The van der Waals surface area contributed by atoms with E-state index in [4.69, 9.17) is 9.47 Å². The van der Waals surface area contributed by atoms with E-state index in [9.17, 15) is 18.0 Å². The SMILES string of the molecule is CCNS(=O)(=O)c1ccc(CCC(=O)N(Cc2ccc(OC)cc2)C(C)C(=O)NCc2ccccc2OC)cc1. The predicted octanol–water partition coefficient (Wildman–Crippen LogP) is 3.67. The van der Waals surface area contributed by atoms with Crippen molar-refractivity contribution in [1.82, 2.24) is 14.9 Å². The number of carbonyl (C=O) groups excluding carboxylic acids is 2. The number of aryl methyl sites for hydroxylation is 1. The van der Waals surface area contributed by atoms with Crippen molar-refractivity contribution in [3.63, 3.8) is 0 Å². The molecule has 0 saturated heterocycles. The van der Waals surface area contributed by atoms with E-state index in [1.165, 1.54) is 12.1 Å². The van der Waals surface area contributed by atoms with Crippen molar-refractivity contribution in [1.29, 1.82) is 0 Å². The maximum absolute atomic E-state index is 13.5. The third-order valence-electron chi connectivity index (χ3n) is 6.52. The third kappa shape index (κ3) is 8.30. The maximum atomic E-state index is 13.5. The number of amides is 2. The minimum atomic E-state index is -3.55. The summed E-state index contributed by atoms with van der Waals surface area (Å²) in [5, 5.41) is 2.92. The first-order valence-electron chi connectivity index (χ1n) is 13.1. The fourth-order valence-electron chi connectivity index (χ4n) is 4.19. The molecule has 10 heteroatoms. The molecule has 0 bridgehead atoms. The summed E-state index contributed by atoms with van der Waals surface area (Å²) in [6.45, 7) is 4.23. The van der Waals surface area contributed by atoms with Crippen molar-refractivity contribution in [3.8, 4) is 11.5 Å². The van der Waals surface area contributed by atoms with Crippen molar-refractivity contribution in [2.75, 3.05) is 20.8 Å². The average Bonchev–Trinajstić information content (AvgIpc) is 2.97. The first-order valence-corrected chi connectivity index (χ1v) is 14.6. The van der Waals surface area contributed by atoms with E-state index in [2.05, 4.69) is 10.0 Å². The summed E-state index contributed by atoms with van der Waals surface area (Å²) < 4.78 is 37.5. The number of rotatable bonds is 14. The van der Waals surface area contributed by atoms with Crippen molar-refractivity contribution in [3.05, 3.63) is 89.5 Å². The number of nitrogens with zero attached hydrogens (tertiary/aromatic N) is 1. The number of hydrogen-bond donors (Lipinski definition) is 2. The number of hydrogen-bond acceptors (Lipinski definition) is 6. The molecule has 3 aromatic rings. The van der Waals surface area contributed by atoms with Gasteiger partial charge < -0.3 is 19.7 Å². The van der Waals surface area contributed by atoms with Crippen LogP contribution in [0.15, 0.2) is 77.7 Å². The number of sulfonamides is 1. The van der Waals surface area contributed by atoms with Gasteiger partial charge in [0, 0.05) is 31.6 Å². The molecule has 40 heavy (non-hydrogen) atoms. The lowest BCUT2D eigenvalue weighted by Crippen LogP contribution is -2.47. The molecule has 3 aromatic carbocycles. The number of ether oxygens (including phenoxy) is 2. The summed E-state index contributed by atoms with van der Waals surface area (Å²) in [6.07, 6.45) is 0.550. The molecule has 2 amide bonds. The van der Waals surface area contributed by atoms with Crippen LogP contribution in [0.1, 0.15) is 37.0 Å². The molecule has 1 unspecified atom stereocenters. The van der Waals surface area contributed by atoms with Gasteiger partial charge in [-0.2, -0.15) is 0 Å². The topological polar surface area (TPSA) is 114 Å². The highest BCUT2D eigenvalue weighted by molar-refractivity contribution is 7.89. The first kappa shape index (κ1) is 30.6. The third-order valence-corrected chi connectivity index (χ3v) is 8.08. The molecule has 0 aromatic heterocycles. The fourth-order valence-corrected chi connectivity index (χ4v) is 5.23. The molecule has 1 atom stereocenters. The molecule has 2 N–H and O–H groups in total. The predicted molar refractivity (Wildman–Crippen MR) is 153 cm³/mol. The maximum Gasteiger partial charge on any atom is 0.242 e. The second-order valence-corrected chi connectivity index (χ2v) is 11.0. The Bertz CT molecular complexity index is 1380. The zero-order chi connectivity index (χ0) is 29.1. The Morgan fingerprint density at radius 3 is 2.17 bits per heavy atom. The highest BCUT2D eigenvalue weighted by Crippen LogP contribution is 2.19. The molecular weight excluding hydrogens is 530 g/mol. The van der Waals surface area contributed by atoms with Crippen LogP contribution >= 0.6 is 0 Å². The van der Waals surface area contributed by atoms with Gasteiger partial charge in [-0.3, -0.25) is 9.59 Å². The van der Waals surface area contributed by atoms with Gasteiger partial charge in [0.05, 0.1) is 19.1 Å². The van der Waals surface area contributed by atoms with E-state index in [0.717, 1.165) is 16.7 Å².